The smallest absolute Gasteiger partial charge is 0.321 e. The Morgan fingerprint density at radius 1 is 1.25 bits per heavy atom. The van der Waals surface area contributed by atoms with Gasteiger partial charge in [-0.25, -0.2) is 4.39 Å². The lowest BCUT2D eigenvalue weighted by atomic mass is 9.83. The van der Waals surface area contributed by atoms with E-state index in [4.69, 9.17) is 0 Å². The van der Waals surface area contributed by atoms with E-state index in [1.165, 1.54) is 18.6 Å². The predicted molar refractivity (Wildman–Crippen MR) is 88.3 cm³/mol. The van der Waals surface area contributed by atoms with Gasteiger partial charge in [0.05, 0.1) is 0 Å². The molecule has 130 valence electrons. The number of likely N-dealkylation sites (tertiary alicyclic amines) is 1. The molecule has 3 atom stereocenters. The van der Waals surface area contributed by atoms with Crippen LogP contribution in [-0.2, 0) is 9.59 Å². The molecule has 1 saturated heterocycles. The summed E-state index contributed by atoms with van der Waals surface area (Å²) in [5.41, 5.74) is 0.780. The Morgan fingerprint density at radius 2 is 2.00 bits per heavy atom. The Bertz CT molecular complexity index is 600. The molecule has 4 nitrogen and oxygen atoms in total. The fraction of sp³-hybridized carbons (Fsp3) is 0.579. The molecule has 3 rings (SSSR count). The molecule has 0 bridgehead atoms. The maximum atomic E-state index is 13.5. The van der Waals surface area contributed by atoms with Crippen LogP contribution in [0.4, 0.5) is 4.39 Å². The molecule has 1 saturated carbocycles. The number of benzene rings is 1. The summed E-state index contributed by atoms with van der Waals surface area (Å²) in [6.07, 6.45) is 6.09. The minimum absolute atomic E-state index is 0.136. The average Bonchev–Trinajstić information content (AvgIpc) is 2.99. The Labute approximate surface area is 141 Å². The number of rotatable bonds is 5. The zero-order chi connectivity index (χ0) is 17.1. The molecule has 1 N–H and O–H groups in total. The van der Waals surface area contributed by atoms with Gasteiger partial charge in [0.2, 0.25) is 0 Å². The number of carbonyl (C=O) groups excluding carboxylic acids is 1. The Kier molecular flexibility index (Phi) is 5.29. The van der Waals surface area contributed by atoms with Crippen molar-refractivity contribution in [3.63, 3.8) is 0 Å². The minimum atomic E-state index is -0.800. The van der Waals surface area contributed by atoms with Crippen molar-refractivity contribution in [2.24, 2.45) is 11.8 Å². The van der Waals surface area contributed by atoms with Gasteiger partial charge in [-0.3, -0.25) is 9.69 Å². The summed E-state index contributed by atoms with van der Waals surface area (Å²) in [5, 5.41) is 9.76. The third-order valence-electron chi connectivity index (χ3n) is 5.59. The highest BCUT2D eigenvalue weighted by Crippen LogP contribution is 2.37. The molecule has 2 aliphatic rings. The molecule has 1 aromatic carbocycles. The fourth-order valence-corrected chi connectivity index (χ4v) is 4.42. The topological polar surface area (TPSA) is 57.6 Å². The third-order valence-corrected chi connectivity index (χ3v) is 5.59. The van der Waals surface area contributed by atoms with Gasteiger partial charge < -0.3 is 9.90 Å². The van der Waals surface area contributed by atoms with Gasteiger partial charge in [0, 0.05) is 24.9 Å². The molecule has 0 amide bonds. The second-order valence-electron chi connectivity index (χ2n) is 7.10. The molecule has 24 heavy (non-hydrogen) atoms. The summed E-state index contributed by atoms with van der Waals surface area (Å²) in [7, 11) is 0. The van der Waals surface area contributed by atoms with Crippen molar-refractivity contribution in [2.75, 3.05) is 13.1 Å². The van der Waals surface area contributed by atoms with Crippen molar-refractivity contribution >= 4 is 12.3 Å². The molecular formula is C19H24FNO3. The third kappa shape index (κ3) is 3.51. The molecule has 0 spiro atoms. The van der Waals surface area contributed by atoms with E-state index in [-0.39, 0.29) is 23.6 Å². The molecule has 5 heteroatoms. The van der Waals surface area contributed by atoms with E-state index < -0.39 is 12.0 Å². The molecule has 3 unspecified atom stereocenters. The number of halogens is 1. The SMILES string of the molecule is O=CC1CN(C(C(=O)O)C2CCCCC2)CC1c1cccc(F)c1. The van der Waals surface area contributed by atoms with Crippen molar-refractivity contribution in [2.45, 2.75) is 44.1 Å². The lowest BCUT2D eigenvalue weighted by Crippen LogP contribution is -2.46. The Hall–Kier alpha value is -1.75. The van der Waals surface area contributed by atoms with Gasteiger partial charge in [0.1, 0.15) is 18.1 Å². The molecule has 0 radical (unpaired) electrons. The average molecular weight is 333 g/mol. The van der Waals surface area contributed by atoms with E-state index >= 15 is 0 Å². The van der Waals surface area contributed by atoms with Crippen LogP contribution >= 0.6 is 0 Å². The molecule has 1 aliphatic carbocycles. The van der Waals surface area contributed by atoms with Crippen LogP contribution in [0.15, 0.2) is 24.3 Å². The largest absolute Gasteiger partial charge is 0.480 e. The first-order valence-corrected chi connectivity index (χ1v) is 8.77. The molecular weight excluding hydrogens is 309 g/mol. The number of nitrogens with zero attached hydrogens (tertiary/aromatic N) is 1. The molecule has 1 aromatic rings. The number of aldehydes is 1. The number of carboxylic acid groups (broad SMARTS) is 1. The summed E-state index contributed by atoms with van der Waals surface area (Å²) in [4.78, 5) is 25.3. The van der Waals surface area contributed by atoms with Crippen LogP contribution < -0.4 is 0 Å². The monoisotopic (exact) mass is 333 g/mol. The summed E-state index contributed by atoms with van der Waals surface area (Å²) < 4.78 is 13.5. The summed E-state index contributed by atoms with van der Waals surface area (Å²) >= 11 is 0. The second kappa shape index (κ2) is 7.43. The van der Waals surface area contributed by atoms with Gasteiger partial charge in [0.25, 0.3) is 0 Å². The maximum Gasteiger partial charge on any atom is 0.321 e. The van der Waals surface area contributed by atoms with Crippen molar-refractivity contribution in [1.29, 1.82) is 0 Å². The van der Waals surface area contributed by atoms with Crippen LogP contribution in [0.5, 0.6) is 0 Å². The van der Waals surface area contributed by atoms with E-state index in [9.17, 15) is 19.1 Å². The van der Waals surface area contributed by atoms with E-state index in [0.717, 1.165) is 37.5 Å². The van der Waals surface area contributed by atoms with Crippen LogP contribution in [0.25, 0.3) is 0 Å². The minimum Gasteiger partial charge on any atom is -0.480 e. The highest BCUT2D eigenvalue weighted by Gasteiger charge is 2.42. The number of hydrogen-bond donors (Lipinski definition) is 1. The summed E-state index contributed by atoms with van der Waals surface area (Å²) in [5.74, 6) is -1.39. The Morgan fingerprint density at radius 3 is 2.62 bits per heavy atom. The highest BCUT2D eigenvalue weighted by molar-refractivity contribution is 5.74. The summed E-state index contributed by atoms with van der Waals surface area (Å²) in [6, 6.07) is 5.77. The summed E-state index contributed by atoms with van der Waals surface area (Å²) in [6.45, 7) is 0.943. The molecule has 2 fully saturated rings. The number of hydrogen-bond acceptors (Lipinski definition) is 3. The first kappa shape index (κ1) is 17.1. The zero-order valence-corrected chi connectivity index (χ0v) is 13.7. The van der Waals surface area contributed by atoms with Crippen molar-refractivity contribution in [1.82, 2.24) is 4.90 Å². The lowest BCUT2D eigenvalue weighted by Gasteiger charge is -2.33. The quantitative estimate of drug-likeness (QED) is 0.842. The van der Waals surface area contributed by atoms with Crippen LogP contribution in [0.2, 0.25) is 0 Å². The lowest BCUT2D eigenvalue weighted by molar-refractivity contribution is -0.145. The number of aliphatic carboxylic acids is 1. The predicted octanol–water partition coefficient (Wildman–Crippen LogP) is 3.07. The van der Waals surface area contributed by atoms with Gasteiger partial charge in [-0.2, -0.15) is 0 Å². The fourth-order valence-electron chi connectivity index (χ4n) is 4.42. The van der Waals surface area contributed by atoms with Crippen molar-refractivity contribution in [3.8, 4) is 0 Å². The second-order valence-corrected chi connectivity index (χ2v) is 7.10. The van der Waals surface area contributed by atoms with Crippen molar-refractivity contribution in [3.05, 3.63) is 35.6 Å². The number of carbonyl (C=O) groups is 2. The van der Waals surface area contributed by atoms with Crippen molar-refractivity contribution < 1.29 is 19.1 Å². The van der Waals surface area contributed by atoms with Gasteiger partial charge in [0.15, 0.2) is 0 Å². The molecule has 0 aromatic heterocycles. The van der Waals surface area contributed by atoms with Crippen LogP contribution in [0, 0.1) is 17.7 Å². The Balaban J connectivity index is 1.81. The van der Waals surface area contributed by atoms with Gasteiger partial charge in [-0.15, -0.1) is 0 Å². The first-order valence-electron chi connectivity index (χ1n) is 8.77. The zero-order valence-electron chi connectivity index (χ0n) is 13.7. The normalized spacial score (nSPS) is 27.0. The van der Waals surface area contributed by atoms with Gasteiger partial charge >= 0.3 is 5.97 Å². The standard InChI is InChI=1S/C19H24FNO3/c20-16-8-4-7-14(9-16)17-11-21(10-15(17)12-22)18(19(23)24)13-5-2-1-3-6-13/h4,7-9,12-13,15,17-18H,1-3,5-6,10-11H2,(H,23,24). The van der Waals surface area contributed by atoms with E-state index in [1.807, 2.05) is 11.0 Å². The molecule has 1 heterocycles. The van der Waals surface area contributed by atoms with Crippen LogP contribution in [0.3, 0.4) is 0 Å². The van der Waals surface area contributed by atoms with E-state index in [2.05, 4.69) is 0 Å². The van der Waals surface area contributed by atoms with E-state index in [0.29, 0.717) is 13.1 Å². The number of carboxylic acids is 1. The van der Waals surface area contributed by atoms with Gasteiger partial charge in [-0.05, 0) is 36.5 Å². The van der Waals surface area contributed by atoms with Gasteiger partial charge in [-0.1, -0.05) is 31.4 Å². The maximum absolute atomic E-state index is 13.5. The first-order chi connectivity index (χ1) is 11.6. The van der Waals surface area contributed by atoms with Crippen LogP contribution in [0.1, 0.15) is 43.6 Å². The van der Waals surface area contributed by atoms with E-state index in [1.54, 1.807) is 6.07 Å². The molecule has 1 aliphatic heterocycles. The highest BCUT2D eigenvalue weighted by atomic mass is 19.1. The van der Waals surface area contributed by atoms with Crippen LogP contribution in [-0.4, -0.2) is 41.4 Å².